The highest BCUT2D eigenvalue weighted by molar-refractivity contribution is 6.06. The number of amides is 2. The quantitative estimate of drug-likeness (QED) is 0.853. The molecular formula is C18H20N2O5. The van der Waals surface area contributed by atoms with Crippen molar-refractivity contribution >= 4 is 17.7 Å². The molecule has 1 aromatic rings. The summed E-state index contributed by atoms with van der Waals surface area (Å²) in [6, 6.07) is 2.63. The van der Waals surface area contributed by atoms with Crippen molar-refractivity contribution in [2.75, 3.05) is 25.2 Å². The fourth-order valence-corrected chi connectivity index (χ4v) is 3.19. The Hall–Kier alpha value is -2.96. The molecule has 7 nitrogen and oxygen atoms in total. The maximum atomic E-state index is 13.0. The third-order valence-corrected chi connectivity index (χ3v) is 4.30. The minimum atomic E-state index is -0.593. The summed E-state index contributed by atoms with van der Waals surface area (Å²) in [5, 5.41) is 10.1. The van der Waals surface area contributed by atoms with Crippen LogP contribution in [-0.4, -0.2) is 48.3 Å². The second kappa shape index (κ2) is 6.51. The summed E-state index contributed by atoms with van der Waals surface area (Å²) in [6.45, 7) is 5.81. The van der Waals surface area contributed by atoms with Gasteiger partial charge >= 0.3 is 6.09 Å². The number of ether oxygens (including phenoxy) is 2. The molecule has 25 heavy (non-hydrogen) atoms. The maximum Gasteiger partial charge on any atom is 0.414 e. The highest BCUT2D eigenvalue weighted by atomic mass is 16.6. The number of anilines is 1. The monoisotopic (exact) mass is 344 g/mol. The Morgan fingerprint density at radius 3 is 2.92 bits per heavy atom. The molecular weight excluding hydrogens is 324 g/mol. The SMILES string of the molecule is C=CCOC(=O)N1C[C@@H]2CC(C)=CN2C(=O)c2cc(OC)c(O)cc21. The van der Waals surface area contributed by atoms with E-state index < -0.39 is 6.09 Å². The van der Waals surface area contributed by atoms with Gasteiger partial charge in [0, 0.05) is 12.3 Å². The minimum absolute atomic E-state index is 0.0619. The Kier molecular flexibility index (Phi) is 4.39. The van der Waals surface area contributed by atoms with Gasteiger partial charge in [0.2, 0.25) is 0 Å². The van der Waals surface area contributed by atoms with Gasteiger partial charge < -0.3 is 19.5 Å². The van der Waals surface area contributed by atoms with Gasteiger partial charge in [-0.2, -0.15) is 0 Å². The highest BCUT2D eigenvalue weighted by Crippen LogP contribution is 2.39. The van der Waals surface area contributed by atoms with E-state index in [2.05, 4.69) is 6.58 Å². The van der Waals surface area contributed by atoms with Crippen molar-refractivity contribution in [1.82, 2.24) is 4.90 Å². The van der Waals surface area contributed by atoms with Crippen molar-refractivity contribution < 1.29 is 24.2 Å². The number of benzene rings is 1. The van der Waals surface area contributed by atoms with Crippen molar-refractivity contribution in [3.05, 3.63) is 42.1 Å². The van der Waals surface area contributed by atoms with Gasteiger partial charge in [-0.15, -0.1) is 0 Å². The standard InChI is InChI=1S/C18H20N2O5/c1-4-5-25-18(23)20-10-12-6-11(2)9-19(12)17(22)13-7-16(24-3)15(21)8-14(13)20/h4,7-9,12,21H,1,5-6,10H2,2-3H3/t12-/m0/s1. The fourth-order valence-electron chi connectivity index (χ4n) is 3.19. The van der Waals surface area contributed by atoms with Crippen LogP contribution in [0.15, 0.2) is 36.6 Å². The highest BCUT2D eigenvalue weighted by Gasteiger charge is 2.38. The average Bonchev–Trinajstić information content (AvgIpc) is 2.92. The zero-order chi connectivity index (χ0) is 18.1. The largest absolute Gasteiger partial charge is 0.504 e. The number of carbonyl (C=O) groups excluding carboxylic acids is 2. The Morgan fingerprint density at radius 2 is 2.24 bits per heavy atom. The summed E-state index contributed by atoms with van der Waals surface area (Å²) >= 11 is 0. The lowest BCUT2D eigenvalue weighted by molar-refractivity contribution is 0.0794. The van der Waals surface area contributed by atoms with Crippen LogP contribution in [0.3, 0.4) is 0 Å². The van der Waals surface area contributed by atoms with Crippen molar-refractivity contribution in [1.29, 1.82) is 0 Å². The van der Waals surface area contributed by atoms with E-state index in [0.29, 0.717) is 12.1 Å². The number of methoxy groups -OCH3 is 1. The molecule has 1 aromatic carbocycles. The number of fused-ring (bicyclic) bond motifs is 2. The topological polar surface area (TPSA) is 79.3 Å². The van der Waals surface area contributed by atoms with Crippen LogP contribution in [0, 0.1) is 0 Å². The molecule has 132 valence electrons. The van der Waals surface area contributed by atoms with E-state index in [9.17, 15) is 14.7 Å². The fraction of sp³-hybridized carbons (Fsp3) is 0.333. The van der Waals surface area contributed by atoms with Gasteiger partial charge in [-0.1, -0.05) is 18.2 Å². The molecule has 0 unspecified atom stereocenters. The molecule has 2 aliphatic heterocycles. The number of nitrogens with zero attached hydrogens (tertiary/aromatic N) is 2. The Morgan fingerprint density at radius 1 is 1.48 bits per heavy atom. The lowest BCUT2D eigenvalue weighted by atomic mass is 10.1. The molecule has 2 amide bonds. The number of hydrogen-bond acceptors (Lipinski definition) is 5. The third kappa shape index (κ3) is 2.93. The second-order valence-corrected chi connectivity index (χ2v) is 6.06. The number of hydrogen-bond donors (Lipinski definition) is 1. The molecule has 1 N–H and O–H groups in total. The first-order valence-electron chi connectivity index (χ1n) is 7.92. The van der Waals surface area contributed by atoms with Gasteiger partial charge in [-0.3, -0.25) is 9.69 Å². The number of phenolic OH excluding ortho intramolecular Hbond substituents is 1. The van der Waals surface area contributed by atoms with Crippen molar-refractivity contribution in [2.24, 2.45) is 0 Å². The van der Waals surface area contributed by atoms with Crippen LogP contribution >= 0.6 is 0 Å². The summed E-state index contributed by atoms with van der Waals surface area (Å²) in [6.07, 6.45) is 3.36. The lowest BCUT2D eigenvalue weighted by Gasteiger charge is -2.25. The predicted octanol–water partition coefficient (Wildman–Crippen LogP) is 2.66. The molecule has 0 bridgehead atoms. The van der Waals surface area contributed by atoms with Crippen LogP contribution in [0.2, 0.25) is 0 Å². The van der Waals surface area contributed by atoms with Crippen molar-refractivity contribution in [2.45, 2.75) is 19.4 Å². The van der Waals surface area contributed by atoms with E-state index in [0.717, 1.165) is 5.57 Å². The first-order valence-corrected chi connectivity index (χ1v) is 7.92. The van der Waals surface area contributed by atoms with Gasteiger partial charge in [0.25, 0.3) is 5.91 Å². The maximum absolute atomic E-state index is 13.0. The van der Waals surface area contributed by atoms with Crippen LogP contribution in [0.4, 0.5) is 10.5 Å². The Balaban J connectivity index is 2.10. The van der Waals surface area contributed by atoms with Crippen LogP contribution in [0.1, 0.15) is 23.7 Å². The molecule has 0 fully saturated rings. The molecule has 0 saturated carbocycles. The molecule has 0 aliphatic carbocycles. The molecule has 1 atom stereocenters. The second-order valence-electron chi connectivity index (χ2n) is 6.06. The van der Waals surface area contributed by atoms with E-state index in [-0.39, 0.29) is 42.2 Å². The van der Waals surface area contributed by atoms with E-state index in [1.165, 1.54) is 30.2 Å². The number of carbonyl (C=O) groups is 2. The first kappa shape index (κ1) is 16.9. The van der Waals surface area contributed by atoms with E-state index in [4.69, 9.17) is 9.47 Å². The van der Waals surface area contributed by atoms with Gasteiger partial charge in [-0.05, 0) is 19.4 Å². The Bertz CT molecular complexity index is 771. The summed E-state index contributed by atoms with van der Waals surface area (Å²) in [4.78, 5) is 28.5. The normalized spacial score (nSPS) is 18.9. The average molecular weight is 344 g/mol. The molecule has 0 aromatic heterocycles. The third-order valence-electron chi connectivity index (χ3n) is 4.30. The molecule has 7 heteroatoms. The van der Waals surface area contributed by atoms with Crippen LogP contribution in [-0.2, 0) is 4.74 Å². The number of aromatic hydroxyl groups is 1. The van der Waals surface area contributed by atoms with Gasteiger partial charge in [0.1, 0.15) is 6.61 Å². The van der Waals surface area contributed by atoms with Crippen molar-refractivity contribution in [3.63, 3.8) is 0 Å². The zero-order valence-corrected chi connectivity index (χ0v) is 14.2. The van der Waals surface area contributed by atoms with Crippen molar-refractivity contribution in [3.8, 4) is 11.5 Å². The molecule has 0 radical (unpaired) electrons. The summed E-state index contributed by atoms with van der Waals surface area (Å²) in [5.41, 5.74) is 1.64. The lowest BCUT2D eigenvalue weighted by Crippen LogP contribution is -2.41. The smallest absolute Gasteiger partial charge is 0.414 e. The Labute approximate surface area is 145 Å². The molecule has 0 spiro atoms. The first-order chi connectivity index (χ1) is 12.0. The predicted molar refractivity (Wildman–Crippen MR) is 91.9 cm³/mol. The van der Waals surface area contributed by atoms with E-state index >= 15 is 0 Å². The van der Waals surface area contributed by atoms with Crippen LogP contribution in [0.5, 0.6) is 11.5 Å². The van der Waals surface area contributed by atoms with Gasteiger partial charge in [0.05, 0.1) is 30.9 Å². The van der Waals surface area contributed by atoms with E-state index in [1.54, 1.807) is 11.1 Å². The summed E-state index contributed by atoms with van der Waals surface area (Å²) in [7, 11) is 1.40. The van der Waals surface area contributed by atoms with E-state index in [1.807, 2.05) is 6.92 Å². The van der Waals surface area contributed by atoms with Gasteiger partial charge in [0.15, 0.2) is 11.5 Å². The number of rotatable bonds is 3. The molecule has 2 aliphatic rings. The molecule has 3 rings (SSSR count). The van der Waals surface area contributed by atoms with Gasteiger partial charge in [-0.25, -0.2) is 4.79 Å². The zero-order valence-electron chi connectivity index (χ0n) is 14.2. The summed E-state index contributed by atoms with van der Waals surface area (Å²) < 4.78 is 10.3. The number of phenols is 1. The molecule has 2 heterocycles. The summed E-state index contributed by atoms with van der Waals surface area (Å²) in [5.74, 6) is -0.219. The minimum Gasteiger partial charge on any atom is -0.504 e. The van der Waals surface area contributed by atoms with Crippen LogP contribution < -0.4 is 9.64 Å². The van der Waals surface area contributed by atoms with Crippen LogP contribution in [0.25, 0.3) is 0 Å². The molecule has 0 saturated heterocycles.